The molecule has 1 aromatic heterocycles. The van der Waals surface area contributed by atoms with Gasteiger partial charge in [-0.3, -0.25) is 14.7 Å². The Balaban J connectivity index is 1.42. The summed E-state index contributed by atoms with van der Waals surface area (Å²) in [7, 11) is -3.71. The summed E-state index contributed by atoms with van der Waals surface area (Å²) in [6, 6.07) is 22.2. The average Bonchev–Trinajstić information content (AvgIpc) is 3.34. The lowest BCUT2D eigenvalue weighted by atomic mass is 10.1. The molecule has 8 heteroatoms. The first kappa shape index (κ1) is 25.8. The molecular formula is C30H30N4O3S. The molecule has 0 spiro atoms. The molecule has 38 heavy (non-hydrogen) atoms. The first-order valence-electron chi connectivity index (χ1n) is 12.8. The minimum atomic E-state index is -3.71. The third-order valence-corrected chi connectivity index (χ3v) is 8.39. The van der Waals surface area contributed by atoms with Gasteiger partial charge in [0.1, 0.15) is 0 Å². The van der Waals surface area contributed by atoms with Gasteiger partial charge in [-0.15, -0.1) is 0 Å². The van der Waals surface area contributed by atoms with E-state index in [9.17, 15) is 13.2 Å². The van der Waals surface area contributed by atoms with Gasteiger partial charge in [-0.05, 0) is 72.2 Å². The molecule has 0 fully saturated rings. The van der Waals surface area contributed by atoms with Gasteiger partial charge in [0.25, 0.3) is 0 Å². The molecule has 0 radical (unpaired) electrons. The lowest BCUT2D eigenvalue weighted by Crippen LogP contribution is -2.29. The number of fused-ring (bicyclic) bond motifs is 1. The SMILES string of the molecule is CCc1ccc(S(=O)(=O)NC2CCc3ccc(N(C(=O)CCc4ccccc4)c4cnccn4)cc32)cc1. The topological polar surface area (TPSA) is 92.3 Å². The number of anilines is 2. The number of hydrogen-bond acceptors (Lipinski definition) is 5. The molecule has 194 valence electrons. The van der Waals surface area contributed by atoms with E-state index in [-0.39, 0.29) is 16.8 Å². The highest BCUT2D eigenvalue weighted by Gasteiger charge is 2.29. The molecule has 1 N–H and O–H groups in total. The van der Waals surface area contributed by atoms with Crippen molar-refractivity contribution in [3.8, 4) is 0 Å². The monoisotopic (exact) mass is 526 g/mol. The predicted octanol–water partition coefficient (Wildman–Crippen LogP) is 5.30. The van der Waals surface area contributed by atoms with Crippen molar-refractivity contribution in [1.82, 2.24) is 14.7 Å². The summed E-state index contributed by atoms with van der Waals surface area (Å²) in [5.74, 6) is 0.317. The number of hydrogen-bond donors (Lipinski definition) is 1. The van der Waals surface area contributed by atoms with Gasteiger partial charge in [0, 0.05) is 24.9 Å². The van der Waals surface area contributed by atoms with Crippen LogP contribution < -0.4 is 9.62 Å². The van der Waals surface area contributed by atoms with E-state index in [0.29, 0.717) is 30.8 Å². The van der Waals surface area contributed by atoms with E-state index >= 15 is 0 Å². The molecule has 3 aromatic carbocycles. The van der Waals surface area contributed by atoms with Crippen molar-refractivity contribution in [2.45, 2.75) is 50.0 Å². The highest BCUT2D eigenvalue weighted by Crippen LogP contribution is 2.36. The summed E-state index contributed by atoms with van der Waals surface area (Å²) >= 11 is 0. The summed E-state index contributed by atoms with van der Waals surface area (Å²) in [6.07, 6.45) is 7.83. The second-order valence-electron chi connectivity index (χ2n) is 9.37. The van der Waals surface area contributed by atoms with Crippen LogP contribution in [0.5, 0.6) is 0 Å². The van der Waals surface area contributed by atoms with Gasteiger partial charge in [0.2, 0.25) is 15.9 Å². The van der Waals surface area contributed by atoms with Crippen LogP contribution >= 0.6 is 0 Å². The zero-order valence-electron chi connectivity index (χ0n) is 21.2. The zero-order valence-corrected chi connectivity index (χ0v) is 22.1. The third kappa shape index (κ3) is 5.66. The lowest BCUT2D eigenvalue weighted by molar-refractivity contribution is -0.117. The van der Waals surface area contributed by atoms with Crippen LogP contribution in [-0.4, -0.2) is 24.3 Å². The van der Waals surface area contributed by atoms with Crippen LogP contribution in [0.2, 0.25) is 0 Å². The quantitative estimate of drug-likeness (QED) is 0.319. The maximum atomic E-state index is 13.5. The van der Waals surface area contributed by atoms with Crippen LogP contribution in [0.4, 0.5) is 11.5 Å². The van der Waals surface area contributed by atoms with Crippen molar-refractivity contribution in [3.63, 3.8) is 0 Å². The molecule has 0 aliphatic heterocycles. The van der Waals surface area contributed by atoms with Gasteiger partial charge in [-0.1, -0.05) is 55.5 Å². The molecule has 0 saturated carbocycles. The molecule has 1 atom stereocenters. The molecule has 7 nitrogen and oxygen atoms in total. The van der Waals surface area contributed by atoms with E-state index in [1.807, 2.05) is 67.6 Å². The third-order valence-electron chi connectivity index (χ3n) is 6.90. The normalized spacial score (nSPS) is 14.7. The Hall–Kier alpha value is -3.88. The highest BCUT2D eigenvalue weighted by atomic mass is 32.2. The molecule has 1 unspecified atom stereocenters. The molecule has 1 amide bonds. The largest absolute Gasteiger partial charge is 0.274 e. The Labute approximate surface area is 223 Å². The van der Waals surface area contributed by atoms with E-state index in [1.165, 1.54) is 0 Å². The number of nitrogens with one attached hydrogen (secondary N) is 1. The van der Waals surface area contributed by atoms with Crippen molar-refractivity contribution in [3.05, 3.63) is 114 Å². The van der Waals surface area contributed by atoms with Crippen LogP contribution in [0.1, 0.15) is 48.1 Å². The standard InChI is InChI=1S/C30H30N4O3S/c1-2-22-8-14-26(15-9-22)38(36,37)33-28-16-12-24-11-13-25(20-27(24)28)34(29-21-31-18-19-32-29)30(35)17-10-23-6-4-3-5-7-23/h3-9,11,13-15,18-21,28,33H,2,10,12,16-17H2,1H3. The lowest BCUT2D eigenvalue weighted by Gasteiger charge is -2.23. The molecule has 1 aliphatic carbocycles. The fourth-order valence-electron chi connectivity index (χ4n) is 4.83. The maximum Gasteiger partial charge on any atom is 0.241 e. The summed E-state index contributed by atoms with van der Waals surface area (Å²) in [4.78, 5) is 23.9. The van der Waals surface area contributed by atoms with Gasteiger partial charge in [-0.25, -0.2) is 18.1 Å². The second kappa shape index (κ2) is 11.2. The minimum Gasteiger partial charge on any atom is -0.274 e. The summed E-state index contributed by atoms with van der Waals surface area (Å²) < 4.78 is 29.2. The average molecular weight is 527 g/mol. The van der Waals surface area contributed by atoms with E-state index < -0.39 is 10.0 Å². The summed E-state index contributed by atoms with van der Waals surface area (Å²) in [6.45, 7) is 2.03. The zero-order chi connectivity index (χ0) is 26.5. The Kier molecular flexibility index (Phi) is 7.62. The van der Waals surface area contributed by atoms with Crippen molar-refractivity contribution in [2.24, 2.45) is 0 Å². The van der Waals surface area contributed by atoms with Gasteiger partial charge in [0.05, 0.1) is 16.8 Å². The number of sulfonamides is 1. The van der Waals surface area contributed by atoms with Gasteiger partial charge in [-0.2, -0.15) is 0 Å². The molecule has 1 heterocycles. The number of carbonyl (C=O) groups excluding carboxylic acids is 1. The van der Waals surface area contributed by atoms with Crippen molar-refractivity contribution in [2.75, 3.05) is 4.90 Å². The molecule has 5 rings (SSSR count). The van der Waals surface area contributed by atoms with Gasteiger partial charge in [0.15, 0.2) is 5.82 Å². The van der Waals surface area contributed by atoms with Crippen LogP contribution in [0.25, 0.3) is 0 Å². The molecule has 0 saturated heterocycles. The number of rotatable bonds is 9. The number of benzene rings is 3. The summed E-state index contributed by atoms with van der Waals surface area (Å²) in [5, 5.41) is 0. The molecule has 4 aromatic rings. The fourth-order valence-corrected chi connectivity index (χ4v) is 6.08. The van der Waals surface area contributed by atoms with Crippen molar-refractivity contribution in [1.29, 1.82) is 0 Å². The number of aryl methyl sites for hydroxylation is 3. The minimum absolute atomic E-state index is 0.111. The smallest absolute Gasteiger partial charge is 0.241 e. The van der Waals surface area contributed by atoms with E-state index in [0.717, 1.165) is 35.1 Å². The summed E-state index contributed by atoms with van der Waals surface area (Å²) in [5.41, 5.74) is 4.75. The highest BCUT2D eigenvalue weighted by molar-refractivity contribution is 7.89. The Bertz CT molecular complexity index is 1510. The second-order valence-corrected chi connectivity index (χ2v) is 11.1. The number of carbonyl (C=O) groups is 1. The fraction of sp³-hybridized carbons (Fsp3) is 0.233. The van der Waals surface area contributed by atoms with Gasteiger partial charge >= 0.3 is 0 Å². The van der Waals surface area contributed by atoms with Crippen molar-refractivity contribution >= 4 is 27.4 Å². The number of nitrogens with zero attached hydrogens (tertiary/aromatic N) is 3. The van der Waals surface area contributed by atoms with Crippen molar-refractivity contribution < 1.29 is 13.2 Å². The van der Waals surface area contributed by atoms with Crippen LogP contribution in [0, 0.1) is 0 Å². The molecule has 0 bridgehead atoms. The first-order valence-corrected chi connectivity index (χ1v) is 14.3. The van der Waals surface area contributed by atoms with Crippen LogP contribution in [0.15, 0.2) is 96.3 Å². The Morgan fingerprint density at radius 1 is 1.00 bits per heavy atom. The molecule has 1 aliphatic rings. The van der Waals surface area contributed by atoms with Crippen LogP contribution in [-0.2, 0) is 34.1 Å². The van der Waals surface area contributed by atoms with E-state index in [1.54, 1.807) is 35.6 Å². The first-order chi connectivity index (χ1) is 18.4. The van der Waals surface area contributed by atoms with Crippen LogP contribution in [0.3, 0.4) is 0 Å². The number of amides is 1. The predicted molar refractivity (Wildman–Crippen MR) is 148 cm³/mol. The van der Waals surface area contributed by atoms with E-state index in [2.05, 4.69) is 14.7 Å². The Morgan fingerprint density at radius 3 is 2.50 bits per heavy atom. The maximum absolute atomic E-state index is 13.5. The molecular weight excluding hydrogens is 496 g/mol. The Morgan fingerprint density at radius 2 is 1.79 bits per heavy atom. The number of aromatic nitrogens is 2. The van der Waals surface area contributed by atoms with E-state index in [4.69, 9.17) is 0 Å². The van der Waals surface area contributed by atoms with Gasteiger partial charge < -0.3 is 0 Å².